The van der Waals surface area contributed by atoms with Crippen molar-refractivity contribution in [1.29, 1.82) is 0 Å². The summed E-state index contributed by atoms with van der Waals surface area (Å²) in [4.78, 5) is 62.0. The van der Waals surface area contributed by atoms with Crippen LogP contribution >= 0.6 is 11.6 Å². The van der Waals surface area contributed by atoms with Gasteiger partial charge in [-0.15, -0.1) is 0 Å². The van der Waals surface area contributed by atoms with Crippen molar-refractivity contribution in [1.82, 2.24) is 0 Å². The predicted octanol–water partition coefficient (Wildman–Crippen LogP) is 5.47. The molecule has 2 aliphatic carbocycles. The molecule has 3 heterocycles. The molecule has 0 spiro atoms. The summed E-state index contributed by atoms with van der Waals surface area (Å²) in [6, 6.07) is 15.7. The van der Waals surface area contributed by atoms with Gasteiger partial charge in [0.1, 0.15) is 17.3 Å². The lowest BCUT2D eigenvalue weighted by molar-refractivity contribution is -0.131. The number of fused-ring (bicyclic) bond motifs is 4. The number of hydrogen-bond donors (Lipinski definition) is 1. The Hall–Kier alpha value is -4.74. The fourth-order valence-corrected chi connectivity index (χ4v) is 9.23. The van der Waals surface area contributed by atoms with E-state index in [0.717, 1.165) is 35.3 Å². The lowest BCUT2D eigenvalue weighted by Gasteiger charge is -2.49. The third kappa shape index (κ3) is 4.70. The molecule has 12 heteroatoms. The molecular formula is C38H35ClFN3O7. The zero-order valence-electron chi connectivity index (χ0n) is 27.5. The highest BCUT2D eigenvalue weighted by Gasteiger charge is 2.68. The number of halogens is 2. The van der Waals surface area contributed by atoms with E-state index in [0.29, 0.717) is 30.2 Å². The van der Waals surface area contributed by atoms with Crippen LogP contribution in [-0.2, 0) is 23.9 Å². The lowest BCUT2D eigenvalue weighted by Crippen LogP contribution is -2.49. The van der Waals surface area contributed by atoms with Crippen molar-refractivity contribution in [2.24, 2.45) is 29.1 Å². The van der Waals surface area contributed by atoms with Crippen LogP contribution in [0.2, 0.25) is 5.02 Å². The first-order valence-electron chi connectivity index (χ1n) is 16.8. The summed E-state index contributed by atoms with van der Waals surface area (Å²) in [5.74, 6) is -5.60. The number of hydrogen-bond acceptors (Lipinski definition) is 8. The number of imide groups is 2. The van der Waals surface area contributed by atoms with Gasteiger partial charge in [0.2, 0.25) is 23.6 Å². The minimum atomic E-state index is -1.35. The van der Waals surface area contributed by atoms with Crippen LogP contribution in [0.25, 0.3) is 0 Å². The van der Waals surface area contributed by atoms with Gasteiger partial charge in [0.05, 0.1) is 59.9 Å². The second kappa shape index (κ2) is 11.9. The number of allylic oxidation sites excluding steroid dienone is 2. The Morgan fingerprint density at radius 3 is 2.28 bits per heavy atom. The smallest absolute Gasteiger partial charge is 0.241 e. The first-order valence-corrected chi connectivity index (χ1v) is 17.1. The Labute approximate surface area is 293 Å². The number of benzene rings is 3. The average Bonchev–Trinajstić information content (AvgIpc) is 3.49. The Kier molecular flexibility index (Phi) is 7.76. The lowest BCUT2D eigenvalue weighted by atomic mass is 9.51. The van der Waals surface area contributed by atoms with Crippen LogP contribution in [0.1, 0.15) is 31.2 Å². The van der Waals surface area contributed by atoms with Gasteiger partial charge in [-0.1, -0.05) is 29.3 Å². The molecule has 258 valence electrons. The quantitative estimate of drug-likeness (QED) is 0.276. The molecule has 3 saturated heterocycles. The Bertz CT molecular complexity index is 1980. The number of nitrogens with zero attached hydrogens (tertiary/aromatic N) is 3. The average molecular weight is 700 g/mol. The number of morpholine rings is 1. The van der Waals surface area contributed by atoms with Gasteiger partial charge in [-0.05, 0) is 74.2 Å². The normalized spacial score (nSPS) is 29.2. The number of methoxy groups -OCH3 is 1. The molecule has 4 fully saturated rings. The molecule has 5 aliphatic rings. The van der Waals surface area contributed by atoms with Crippen LogP contribution in [0.15, 0.2) is 72.3 Å². The summed E-state index contributed by atoms with van der Waals surface area (Å²) in [7, 11) is 1.46. The number of ether oxygens (including phenoxy) is 2. The van der Waals surface area contributed by atoms with Crippen molar-refractivity contribution in [3.8, 4) is 11.5 Å². The van der Waals surface area contributed by atoms with E-state index in [2.05, 4.69) is 4.90 Å². The van der Waals surface area contributed by atoms with Crippen molar-refractivity contribution < 1.29 is 38.1 Å². The second-order valence-electron chi connectivity index (χ2n) is 13.8. The number of aromatic hydroxyl groups is 1. The summed E-state index contributed by atoms with van der Waals surface area (Å²) in [5, 5.41) is 10.1. The summed E-state index contributed by atoms with van der Waals surface area (Å²) in [6.07, 6.45) is 2.38. The molecule has 1 saturated carbocycles. The monoisotopic (exact) mass is 699 g/mol. The van der Waals surface area contributed by atoms with E-state index in [1.807, 2.05) is 18.2 Å². The molecule has 3 aromatic rings. The molecule has 0 aromatic heterocycles. The van der Waals surface area contributed by atoms with E-state index in [4.69, 9.17) is 21.1 Å². The molecule has 1 N–H and O–H groups in total. The van der Waals surface area contributed by atoms with E-state index in [-0.39, 0.29) is 41.1 Å². The first-order chi connectivity index (χ1) is 24.0. The Balaban J connectivity index is 1.21. The topological polar surface area (TPSA) is 117 Å². The third-order valence-corrected chi connectivity index (χ3v) is 11.7. The summed E-state index contributed by atoms with van der Waals surface area (Å²) in [6.45, 7) is 4.51. The van der Waals surface area contributed by atoms with E-state index in [1.54, 1.807) is 25.1 Å². The van der Waals surface area contributed by atoms with Crippen molar-refractivity contribution >= 4 is 52.3 Å². The van der Waals surface area contributed by atoms with Gasteiger partial charge in [-0.2, -0.15) is 0 Å². The van der Waals surface area contributed by atoms with Crippen LogP contribution in [0.5, 0.6) is 11.5 Å². The second-order valence-corrected chi connectivity index (χ2v) is 14.2. The van der Waals surface area contributed by atoms with Gasteiger partial charge in [-0.3, -0.25) is 24.1 Å². The Morgan fingerprint density at radius 1 is 0.880 bits per heavy atom. The maximum absolute atomic E-state index is 14.6. The van der Waals surface area contributed by atoms with Gasteiger partial charge >= 0.3 is 0 Å². The van der Waals surface area contributed by atoms with Gasteiger partial charge in [0.25, 0.3) is 0 Å². The Morgan fingerprint density at radius 2 is 1.58 bits per heavy atom. The number of anilines is 3. The molecular weight excluding hydrogens is 665 g/mol. The fraction of sp³-hybridized carbons (Fsp3) is 0.368. The molecule has 50 heavy (non-hydrogen) atoms. The standard InChI is InChI=1S/C38H35ClFN3O7/c1-38-28(35(46)43(37(38)48)22-7-12-30(40)29(39)17-22)19-27-24(33(38)25-9-8-23(44)18-31(25)49-2)10-11-26-32(27)36(47)42(34(26)45)21-5-3-20(4-6-21)41-13-15-50-16-14-41/h3-10,12,17-18,26-28,32-33,44H,11,13-16,19H2,1-2H3. The minimum absolute atomic E-state index is 0.0411. The number of phenols is 1. The third-order valence-electron chi connectivity index (χ3n) is 11.4. The molecule has 6 atom stereocenters. The number of phenolic OH excluding ortho intramolecular Hbond substituents is 1. The van der Waals surface area contributed by atoms with E-state index in [1.165, 1.54) is 36.3 Å². The van der Waals surface area contributed by atoms with Crippen molar-refractivity contribution in [3.05, 3.63) is 88.7 Å². The SMILES string of the molecule is COc1cc(O)ccc1C1C2=CCC3C(=O)N(c4ccc(N5CCOCC5)cc4)C(=O)C3C2CC2C(=O)N(c3ccc(F)c(Cl)c3)C(=O)C21C. The van der Waals surface area contributed by atoms with Gasteiger partial charge in [0.15, 0.2) is 0 Å². The fourth-order valence-electron chi connectivity index (χ4n) is 9.06. The van der Waals surface area contributed by atoms with Crippen LogP contribution < -0.4 is 19.4 Å². The number of rotatable bonds is 5. The molecule has 0 radical (unpaired) electrons. The zero-order chi connectivity index (χ0) is 35.1. The molecule has 0 bridgehead atoms. The molecule has 3 aliphatic heterocycles. The number of carbonyl (C=O) groups is 4. The van der Waals surface area contributed by atoms with E-state index >= 15 is 0 Å². The highest BCUT2D eigenvalue weighted by Crippen LogP contribution is 2.64. The highest BCUT2D eigenvalue weighted by molar-refractivity contribution is 6.32. The molecule has 8 rings (SSSR count). The summed E-state index contributed by atoms with van der Waals surface area (Å²) < 4.78 is 25.3. The van der Waals surface area contributed by atoms with Gasteiger partial charge in [-0.25, -0.2) is 9.29 Å². The van der Waals surface area contributed by atoms with E-state index in [9.17, 15) is 28.7 Å². The molecule has 10 nitrogen and oxygen atoms in total. The largest absolute Gasteiger partial charge is 0.508 e. The van der Waals surface area contributed by atoms with Crippen LogP contribution in [-0.4, -0.2) is 62.1 Å². The number of amides is 4. The van der Waals surface area contributed by atoms with E-state index < -0.39 is 52.6 Å². The first kappa shape index (κ1) is 32.5. The number of carbonyl (C=O) groups excluding carboxylic acids is 4. The predicted molar refractivity (Wildman–Crippen MR) is 183 cm³/mol. The zero-order valence-corrected chi connectivity index (χ0v) is 28.2. The highest BCUT2D eigenvalue weighted by atomic mass is 35.5. The molecule has 3 aromatic carbocycles. The minimum Gasteiger partial charge on any atom is -0.508 e. The molecule has 6 unspecified atom stereocenters. The maximum Gasteiger partial charge on any atom is 0.241 e. The van der Waals surface area contributed by atoms with Gasteiger partial charge < -0.3 is 19.5 Å². The van der Waals surface area contributed by atoms with Crippen molar-refractivity contribution in [2.75, 3.05) is 48.1 Å². The maximum atomic E-state index is 14.6. The van der Waals surface area contributed by atoms with Crippen molar-refractivity contribution in [3.63, 3.8) is 0 Å². The van der Waals surface area contributed by atoms with Crippen LogP contribution in [0, 0.1) is 34.9 Å². The molecule has 4 amide bonds. The summed E-state index contributed by atoms with van der Waals surface area (Å²) in [5.41, 5.74) is 1.60. The van der Waals surface area contributed by atoms with Crippen LogP contribution in [0.4, 0.5) is 21.5 Å². The van der Waals surface area contributed by atoms with Crippen LogP contribution in [0.3, 0.4) is 0 Å². The summed E-state index contributed by atoms with van der Waals surface area (Å²) >= 11 is 6.10. The van der Waals surface area contributed by atoms with Crippen molar-refractivity contribution in [2.45, 2.75) is 25.7 Å². The van der Waals surface area contributed by atoms with Gasteiger partial charge in [0, 0.05) is 36.3 Å².